The molecule has 7 nitrogen and oxygen atoms in total. The number of aromatic nitrogens is 3. The molecule has 3 aromatic carbocycles. The Labute approximate surface area is 239 Å². The molecule has 2 N–H and O–H groups in total. The highest BCUT2D eigenvalue weighted by molar-refractivity contribution is 7.90. The second-order valence-corrected chi connectivity index (χ2v) is 12.6. The SMILES string of the molecule is Cc1ccc(S(=O)(=O)n2cc(-c3ccc4[nH]ccc4c3)c3cc(-c4ccc(CN5CCNCC5)cc4)cnc32)cc1. The number of hydrogen-bond donors (Lipinski definition) is 2. The van der Waals surface area contributed by atoms with Crippen LogP contribution in [-0.4, -0.2) is 53.4 Å². The van der Waals surface area contributed by atoms with Crippen molar-refractivity contribution in [2.24, 2.45) is 0 Å². The minimum Gasteiger partial charge on any atom is -0.361 e. The van der Waals surface area contributed by atoms with Gasteiger partial charge in [-0.15, -0.1) is 0 Å². The standard InChI is InChI=1S/C33H31N5O2S/c1-23-2-9-29(10-3-23)41(39,40)38-22-31(26-8-11-32-27(18-26)12-13-35-32)30-19-28(20-36-33(30)38)25-6-4-24(5-7-25)21-37-16-14-34-15-17-37/h2-13,18-20,22,34-35H,14-17,21H2,1H3. The second kappa shape index (κ2) is 10.3. The van der Waals surface area contributed by atoms with Gasteiger partial charge in [0.25, 0.3) is 10.0 Å². The van der Waals surface area contributed by atoms with Crippen LogP contribution in [0, 0.1) is 6.92 Å². The zero-order valence-corrected chi connectivity index (χ0v) is 23.7. The smallest absolute Gasteiger partial charge is 0.269 e. The van der Waals surface area contributed by atoms with E-state index in [4.69, 9.17) is 4.98 Å². The quantitative estimate of drug-likeness (QED) is 0.269. The van der Waals surface area contributed by atoms with Crippen molar-refractivity contribution in [1.29, 1.82) is 0 Å². The average molecular weight is 562 g/mol. The maximum Gasteiger partial charge on any atom is 0.269 e. The van der Waals surface area contributed by atoms with Crippen LogP contribution in [-0.2, 0) is 16.6 Å². The first kappa shape index (κ1) is 25.7. The third-order valence-electron chi connectivity index (χ3n) is 7.96. The Bertz CT molecular complexity index is 1970. The molecule has 41 heavy (non-hydrogen) atoms. The van der Waals surface area contributed by atoms with Crippen LogP contribution in [0.3, 0.4) is 0 Å². The first-order valence-corrected chi connectivity index (χ1v) is 15.3. The van der Waals surface area contributed by atoms with E-state index < -0.39 is 10.0 Å². The molecule has 0 spiro atoms. The van der Waals surface area contributed by atoms with Crippen LogP contribution >= 0.6 is 0 Å². The summed E-state index contributed by atoms with van der Waals surface area (Å²) in [7, 11) is -3.86. The van der Waals surface area contributed by atoms with E-state index in [9.17, 15) is 8.42 Å². The zero-order chi connectivity index (χ0) is 28.0. The zero-order valence-electron chi connectivity index (χ0n) is 22.8. The molecule has 0 radical (unpaired) electrons. The first-order valence-electron chi connectivity index (χ1n) is 13.9. The summed E-state index contributed by atoms with van der Waals surface area (Å²) < 4.78 is 29.0. The number of fused-ring (bicyclic) bond motifs is 2. The van der Waals surface area contributed by atoms with Crippen molar-refractivity contribution in [3.8, 4) is 22.3 Å². The van der Waals surface area contributed by atoms with Gasteiger partial charge in [-0.25, -0.2) is 17.4 Å². The topological polar surface area (TPSA) is 83.0 Å². The highest BCUT2D eigenvalue weighted by Gasteiger charge is 2.23. The average Bonchev–Trinajstić information content (AvgIpc) is 3.63. The van der Waals surface area contributed by atoms with Crippen LogP contribution in [0.4, 0.5) is 0 Å². The number of H-pyrrole nitrogens is 1. The van der Waals surface area contributed by atoms with Crippen LogP contribution in [0.2, 0.25) is 0 Å². The molecule has 0 amide bonds. The summed E-state index contributed by atoms with van der Waals surface area (Å²) >= 11 is 0. The fourth-order valence-electron chi connectivity index (χ4n) is 5.63. The van der Waals surface area contributed by atoms with Crippen LogP contribution < -0.4 is 5.32 Å². The molecule has 0 atom stereocenters. The van der Waals surface area contributed by atoms with Gasteiger partial charge in [0.1, 0.15) is 0 Å². The van der Waals surface area contributed by atoms with Crippen LogP contribution in [0.25, 0.3) is 44.2 Å². The van der Waals surface area contributed by atoms with Crippen molar-refractivity contribution in [2.75, 3.05) is 26.2 Å². The molecule has 1 saturated heterocycles. The predicted molar refractivity (Wildman–Crippen MR) is 164 cm³/mol. The van der Waals surface area contributed by atoms with E-state index in [0.717, 1.165) is 76.8 Å². The van der Waals surface area contributed by atoms with Gasteiger partial charge in [0.05, 0.1) is 4.90 Å². The van der Waals surface area contributed by atoms with E-state index >= 15 is 0 Å². The lowest BCUT2D eigenvalue weighted by Crippen LogP contribution is -2.42. The number of nitrogens with zero attached hydrogens (tertiary/aromatic N) is 3. The van der Waals surface area contributed by atoms with Crippen LogP contribution in [0.1, 0.15) is 11.1 Å². The van der Waals surface area contributed by atoms with Crippen molar-refractivity contribution >= 4 is 32.0 Å². The first-order chi connectivity index (χ1) is 20.0. The van der Waals surface area contributed by atoms with Gasteiger partial charge in [0.15, 0.2) is 5.65 Å². The van der Waals surface area contributed by atoms with E-state index in [-0.39, 0.29) is 4.90 Å². The lowest BCUT2D eigenvalue weighted by Gasteiger charge is -2.27. The third-order valence-corrected chi connectivity index (χ3v) is 9.62. The number of hydrogen-bond acceptors (Lipinski definition) is 5. The molecule has 0 saturated carbocycles. The molecule has 206 valence electrons. The van der Waals surface area contributed by atoms with Gasteiger partial charge in [-0.3, -0.25) is 4.90 Å². The van der Waals surface area contributed by atoms with Gasteiger partial charge in [-0.05, 0) is 65.4 Å². The molecule has 6 aromatic rings. The van der Waals surface area contributed by atoms with Crippen LogP contribution in [0.5, 0.6) is 0 Å². The number of pyridine rings is 1. The predicted octanol–water partition coefficient (Wildman–Crippen LogP) is 5.80. The van der Waals surface area contributed by atoms with Crippen molar-refractivity contribution in [3.05, 3.63) is 109 Å². The van der Waals surface area contributed by atoms with Crippen molar-refractivity contribution < 1.29 is 8.42 Å². The van der Waals surface area contributed by atoms with Crippen molar-refractivity contribution in [3.63, 3.8) is 0 Å². The summed E-state index contributed by atoms with van der Waals surface area (Å²) in [6, 6.07) is 25.8. The fraction of sp³-hybridized carbons (Fsp3) is 0.182. The maximum atomic E-state index is 13.8. The Balaban J connectivity index is 1.33. The Kier molecular flexibility index (Phi) is 6.46. The van der Waals surface area contributed by atoms with E-state index in [1.807, 2.05) is 43.5 Å². The van der Waals surface area contributed by atoms with E-state index in [1.165, 1.54) is 9.54 Å². The molecule has 8 heteroatoms. The van der Waals surface area contributed by atoms with E-state index in [0.29, 0.717) is 5.65 Å². The normalized spacial score (nSPS) is 14.7. The van der Waals surface area contributed by atoms with Crippen molar-refractivity contribution in [1.82, 2.24) is 24.2 Å². The van der Waals surface area contributed by atoms with Crippen molar-refractivity contribution in [2.45, 2.75) is 18.4 Å². The molecular formula is C33H31N5O2S. The van der Waals surface area contributed by atoms with Gasteiger partial charge in [-0.1, -0.05) is 48.0 Å². The summed E-state index contributed by atoms with van der Waals surface area (Å²) in [4.78, 5) is 10.7. The van der Waals surface area contributed by atoms with Gasteiger partial charge < -0.3 is 10.3 Å². The number of aromatic amines is 1. The largest absolute Gasteiger partial charge is 0.361 e. The Morgan fingerprint density at radius 3 is 2.39 bits per heavy atom. The van der Waals surface area contributed by atoms with Gasteiger partial charge in [0, 0.05) is 73.3 Å². The molecule has 3 aromatic heterocycles. The molecule has 0 unspecified atom stereocenters. The monoisotopic (exact) mass is 561 g/mol. The number of benzene rings is 3. The summed E-state index contributed by atoms with van der Waals surface area (Å²) in [5.74, 6) is 0. The van der Waals surface area contributed by atoms with Gasteiger partial charge >= 0.3 is 0 Å². The Morgan fingerprint density at radius 2 is 1.61 bits per heavy atom. The lowest BCUT2D eigenvalue weighted by molar-refractivity contribution is 0.233. The van der Waals surface area contributed by atoms with Gasteiger partial charge in [0.2, 0.25) is 0 Å². The number of rotatable bonds is 6. The minimum atomic E-state index is -3.86. The maximum absolute atomic E-state index is 13.8. The molecule has 1 aliphatic rings. The molecule has 1 aliphatic heterocycles. The fourth-order valence-corrected chi connectivity index (χ4v) is 6.95. The second-order valence-electron chi connectivity index (χ2n) is 10.8. The summed E-state index contributed by atoms with van der Waals surface area (Å²) in [6.07, 6.45) is 5.39. The highest BCUT2D eigenvalue weighted by Crippen LogP contribution is 2.36. The number of piperazine rings is 1. The highest BCUT2D eigenvalue weighted by atomic mass is 32.2. The van der Waals surface area contributed by atoms with Crippen LogP contribution in [0.15, 0.2) is 102 Å². The number of aryl methyl sites for hydroxylation is 1. The van der Waals surface area contributed by atoms with E-state index in [2.05, 4.69) is 51.6 Å². The summed E-state index contributed by atoms with van der Waals surface area (Å²) in [5.41, 5.74) is 7.47. The molecule has 1 fully saturated rings. The number of nitrogens with one attached hydrogen (secondary N) is 2. The minimum absolute atomic E-state index is 0.235. The Morgan fingerprint density at radius 1 is 0.854 bits per heavy atom. The molecule has 7 rings (SSSR count). The lowest BCUT2D eigenvalue weighted by atomic mass is 10.0. The molecular weight excluding hydrogens is 530 g/mol. The molecule has 4 heterocycles. The third kappa shape index (κ3) is 4.84. The summed E-state index contributed by atoms with van der Waals surface area (Å²) in [5, 5.41) is 5.26. The van der Waals surface area contributed by atoms with E-state index in [1.54, 1.807) is 24.5 Å². The molecule has 0 aliphatic carbocycles. The van der Waals surface area contributed by atoms with Gasteiger partial charge in [-0.2, -0.15) is 0 Å². The Hall–Kier alpha value is -4.24. The molecule has 0 bridgehead atoms. The summed E-state index contributed by atoms with van der Waals surface area (Å²) in [6.45, 7) is 7.05.